The van der Waals surface area contributed by atoms with Gasteiger partial charge in [0.25, 0.3) is 0 Å². The maximum Gasteiger partial charge on any atom is -0.0184 e. The zero-order valence-electron chi connectivity index (χ0n) is 25.3. The molecule has 0 aromatic heterocycles. The zero-order chi connectivity index (χ0) is 29.3. The van der Waals surface area contributed by atoms with Gasteiger partial charge in [-0.05, 0) is 11.1 Å². The van der Waals surface area contributed by atoms with Crippen LogP contribution in [0.15, 0.2) is 60.7 Å². The molecule has 0 aliphatic heterocycles. The average Bonchev–Trinajstić information content (AvgIpc) is 3.26. The van der Waals surface area contributed by atoms with E-state index < -0.39 is 36.5 Å². The number of benzene rings is 3. The topological polar surface area (TPSA) is 0 Å². The number of hydrogen-bond donors (Lipinski definition) is 0. The molecule has 4 aliphatic carbocycles. The summed E-state index contributed by atoms with van der Waals surface area (Å²) in [4.78, 5) is -1.04. The Hall–Kier alpha value is -0.0200. The molecule has 0 N–H and O–H groups in total. The molecule has 0 bridgehead atoms. The summed E-state index contributed by atoms with van der Waals surface area (Å²) in [5.74, 6) is -1.19. The van der Waals surface area contributed by atoms with Gasteiger partial charge in [-0.2, -0.15) is 0 Å². The molecule has 2 atom stereocenters. The predicted molar refractivity (Wildman–Crippen MR) is 192 cm³/mol. The second kappa shape index (κ2) is 13.4. The third kappa shape index (κ3) is 5.41. The maximum atomic E-state index is 6.91. The summed E-state index contributed by atoms with van der Waals surface area (Å²) in [6.45, 7) is 18.5. The van der Waals surface area contributed by atoms with Crippen LogP contribution in [0.25, 0.3) is 28.8 Å². The summed E-state index contributed by atoms with van der Waals surface area (Å²) in [7, 11) is 0. The van der Waals surface area contributed by atoms with Gasteiger partial charge in [-0.1, -0.05) is 24.3 Å². The Labute approximate surface area is 291 Å². The zero-order valence-corrected chi connectivity index (χ0v) is 33.6. The number of hydrogen-bond acceptors (Lipinski definition) is 0. The van der Waals surface area contributed by atoms with Crippen molar-refractivity contribution in [3.8, 4) is 11.1 Å². The van der Waals surface area contributed by atoms with E-state index >= 15 is 0 Å². The Bertz CT molecular complexity index is 1640. The molecule has 0 amide bonds. The van der Waals surface area contributed by atoms with Crippen molar-refractivity contribution in [3.63, 3.8) is 0 Å². The molecule has 8 heteroatoms. The normalized spacial score (nSPS) is 21.1. The van der Waals surface area contributed by atoms with E-state index in [9.17, 15) is 0 Å². The van der Waals surface area contributed by atoms with Crippen LogP contribution in [-0.2, 0) is 20.9 Å². The van der Waals surface area contributed by atoms with E-state index in [4.69, 9.17) is 46.4 Å². The molecule has 6 rings (SSSR count). The first kappa shape index (κ1) is 36.4. The molecule has 2 aromatic carbocycles. The van der Waals surface area contributed by atoms with Gasteiger partial charge in [0.1, 0.15) is 0 Å². The fraction of sp³-hybridized carbons (Fsp3) is 0.353. The SMILES string of the molecule is CC1=c2cccc(C)c2=[C]([Zr]([C]2=c3c(C)cccc3=C(C)C2(C)C(Cl)Cl)[SiH](C)C)C1(C)C(Cl)Cl.Cl.Cl.c1cc2ccc1-2. The summed E-state index contributed by atoms with van der Waals surface area (Å²) in [6.07, 6.45) is 0. The van der Waals surface area contributed by atoms with Crippen molar-refractivity contribution in [2.24, 2.45) is 10.8 Å². The van der Waals surface area contributed by atoms with E-state index in [2.05, 4.69) is 115 Å². The second-order valence-electron chi connectivity index (χ2n) is 12.1. The van der Waals surface area contributed by atoms with Crippen molar-refractivity contribution in [1.82, 2.24) is 0 Å². The third-order valence-electron chi connectivity index (χ3n) is 9.66. The van der Waals surface area contributed by atoms with E-state index in [-0.39, 0.29) is 35.6 Å². The van der Waals surface area contributed by atoms with Crippen LogP contribution >= 0.6 is 71.2 Å². The molecule has 0 fully saturated rings. The molecular weight excluding hydrogens is 740 g/mol. The summed E-state index contributed by atoms with van der Waals surface area (Å²) < 4.78 is 3.10. The Morgan fingerprint density at radius 2 is 0.929 bits per heavy atom. The Morgan fingerprint density at radius 1 is 0.595 bits per heavy atom. The smallest absolute Gasteiger partial charge is 0.0184 e. The van der Waals surface area contributed by atoms with Crippen LogP contribution in [0.3, 0.4) is 0 Å². The van der Waals surface area contributed by atoms with Gasteiger partial charge in [0.05, 0.1) is 0 Å². The number of fused-ring (bicyclic) bond motifs is 3. The van der Waals surface area contributed by atoms with Gasteiger partial charge in [-0.15, -0.1) is 24.8 Å². The fourth-order valence-corrected chi connectivity index (χ4v) is 31.7. The largest absolute Gasteiger partial charge is 0.147 e. The molecule has 0 saturated carbocycles. The van der Waals surface area contributed by atoms with Crippen molar-refractivity contribution in [3.05, 3.63) is 92.7 Å². The first-order chi connectivity index (χ1) is 18.8. The monoisotopic (exact) mass is 775 g/mol. The summed E-state index contributed by atoms with van der Waals surface area (Å²) in [5.41, 5.74) is 7.31. The van der Waals surface area contributed by atoms with Gasteiger partial charge >= 0.3 is 234 Å². The van der Waals surface area contributed by atoms with Crippen LogP contribution in [0.2, 0.25) is 13.1 Å². The van der Waals surface area contributed by atoms with Crippen LogP contribution < -0.4 is 20.9 Å². The quantitative estimate of drug-likeness (QED) is 0.141. The van der Waals surface area contributed by atoms with Gasteiger partial charge in [-0.3, -0.25) is 0 Å². The number of halogens is 6. The molecule has 0 heterocycles. The Balaban J connectivity index is 0.000000530. The van der Waals surface area contributed by atoms with Crippen molar-refractivity contribution in [1.29, 1.82) is 0 Å². The molecule has 0 spiro atoms. The van der Waals surface area contributed by atoms with Crippen LogP contribution in [-0.4, -0.2) is 15.6 Å². The predicted octanol–water partition coefficient (Wildman–Crippen LogP) is 8.32. The Morgan fingerprint density at radius 3 is 1.17 bits per heavy atom. The van der Waals surface area contributed by atoms with Crippen molar-refractivity contribution >= 4 is 94.8 Å². The summed E-state index contributed by atoms with van der Waals surface area (Å²) in [5, 5.41) is 5.44. The summed E-state index contributed by atoms with van der Waals surface area (Å²) >= 11 is 25.0. The van der Waals surface area contributed by atoms with Crippen molar-refractivity contribution in [2.45, 2.75) is 64.3 Å². The number of alkyl halides is 4. The second-order valence-corrected chi connectivity index (χ2v) is 33.1. The Kier molecular flexibility index (Phi) is 11.6. The van der Waals surface area contributed by atoms with Gasteiger partial charge in [0, 0.05) is 0 Å². The number of rotatable bonds is 5. The van der Waals surface area contributed by atoms with Gasteiger partial charge in [0.15, 0.2) is 0 Å². The van der Waals surface area contributed by atoms with Crippen LogP contribution in [0, 0.1) is 24.7 Å². The van der Waals surface area contributed by atoms with Gasteiger partial charge in [-0.25, -0.2) is 0 Å². The van der Waals surface area contributed by atoms with Crippen LogP contribution in [0.1, 0.15) is 38.8 Å². The third-order valence-corrected chi connectivity index (χ3v) is 30.9. The van der Waals surface area contributed by atoms with Crippen molar-refractivity contribution in [2.75, 3.05) is 0 Å². The van der Waals surface area contributed by atoms with Gasteiger partial charge in [0.2, 0.25) is 0 Å². The molecule has 0 saturated heterocycles. The molecule has 2 unspecified atom stereocenters. The van der Waals surface area contributed by atoms with E-state index in [0.717, 1.165) is 0 Å². The van der Waals surface area contributed by atoms with E-state index in [1.54, 1.807) is 6.56 Å². The summed E-state index contributed by atoms with van der Waals surface area (Å²) in [6, 6.07) is 21.8. The van der Waals surface area contributed by atoms with E-state index in [1.165, 1.54) is 54.3 Å². The molecule has 0 radical (unpaired) electrons. The van der Waals surface area contributed by atoms with Crippen LogP contribution in [0.4, 0.5) is 0 Å². The van der Waals surface area contributed by atoms with Gasteiger partial charge < -0.3 is 0 Å². The minimum absolute atomic E-state index is 0. The standard InChI is InChI=1S/2C13H13Cl2.C6H4.C2H7Si.2ClH.Zr/c2*1-8-5-4-6-10-9(2)13(3,12(14)15)7-11(8)10;1-2-6-4-3-5(1)6;1-3-2;;;/h2*4-6,12H,1-3H3;1-4H;3H,1-2H3;2*1H;. The first-order valence-electron chi connectivity index (χ1n) is 14.0. The van der Waals surface area contributed by atoms with Crippen molar-refractivity contribution < 1.29 is 20.9 Å². The minimum Gasteiger partial charge on any atom is -0.147 e. The molecule has 225 valence electrons. The maximum absolute atomic E-state index is 6.91. The van der Waals surface area contributed by atoms with E-state index in [0.29, 0.717) is 0 Å². The first-order valence-corrected chi connectivity index (χ1v) is 25.3. The molecule has 4 aliphatic rings. The molecule has 2 aromatic rings. The average molecular weight is 780 g/mol. The minimum atomic E-state index is -2.62. The molecule has 42 heavy (non-hydrogen) atoms. The number of aryl methyl sites for hydroxylation is 2. The molecule has 0 nitrogen and oxygen atoms in total. The molecular formula is C34H39Cl6SiZr. The van der Waals surface area contributed by atoms with Crippen LogP contribution in [0.5, 0.6) is 0 Å². The van der Waals surface area contributed by atoms with E-state index in [1.807, 2.05) is 0 Å². The fourth-order valence-electron chi connectivity index (χ4n) is 6.82.